The van der Waals surface area contributed by atoms with Crippen molar-refractivity contribution >= 4 is 29.1 Å². The minimum absolute atomic E-state index is 0.0820. The van der Waals surface area contributed by atoms with Gasteiger partial charge in [0.05, 0.1) is 17.2 Å². The summed E-state index contributed by atoms with van der Waals surface area (Å²) in [6, 6.07) is 11.4. The smallest absolute Gasteiger partial charge is 0.269 e. The predicted octanol–water partition coefficient (Wildman–Crippen LogP) is 4.84. The molecule has 0 atom stereocenters. The lowest BCUT2D eigenvalue weighted by Gasteiger charge is -2.03. The molecule has 0 bridgehead atoms. The molecule has 142 valence electrons. The van der Waals surface area contributed by atoms with Gasteiger partial charge in [0, 0.05) is 23.3 Å². The molecule has 0 saturated carbocycles. The SMILES string of the molecule is Cc1nn(Cc2ccc(F)cc2)c(Cl)c1/C=C/C(=O)c1ccc([N+](=O)[O-])cc1. The van der Waals surface area contributed by atoms with Gasteiger partial charge in [0.25, 0.3) is 5.69 Å². The minimum Gasteiger partial charge on any atom is -0.289 e. The van der Waals surface area contributed by atoms with Crippen molar-refractivity contribution in [3.8, 4) is 0 Å². The average molecular weight is 400 g/mol. The maximum absolute atomic E-state index is 13.0. The summed E-state index contributed by atoms with van der Waals surface area (Å²) in [4.78, 5) is 22.4. The lowest BCUT2D eigenvalue weighted by Crippen LogP contribution is -2.02. The van der Waals surface area contributed by atoms with Gasteiger partial charge < -0.3 is 0 Å². The highest BCUT2D eigenvalue weighted by Crippen LogP contribution is 2.23. The maximum atomic E-state index is 13.0. The van der Waals surface area contributed by atoms with E-state index in [-0.39, 0.29) is 17.3 Å². The first-order valence-electron chi connectivity index (χ1n) is 8.29. The van der Waals surface area contributed by atoms with Gasteiger partial charge in [0.15, 0.2) is 5.78 Å². The molecular formula is C20H15ClFN3O3. The molecule has 3 aromatic rings. The van der Waals surface area contributed by atoms with Crippen LogP contribution in [0, 0.1) is 22.9 Å². The van der Waals surface area contributed by atoms with Crippen molar-refractivity contribution in [2.24, 2.45) is 0 Å². The average Bonchev–Trinajstić information content (AvgIpc) is 2.94. The highest BCUT2D eigenvalue weighted by molar-refractivity contribution is 6.31. The van der Waals surface area contributed by atoms with Gasteiger partial charge in [-0.2, -0.15) is 5.10 Å². The van der Waals surface area contributed by atoms with Crippen LogP contribution in [-0.2, 0) is 6.54 Å². The van der Waals surface area contributed by atoms with Crippen LogP contribution in [-0.4, -0.2) is 20.5 Å². The molecule has 0 amide bonds. The van der Waals surface area contributed by atoms with Gasteiger partial charge in [0.2, 0.25) is 0 Å². The van der Waals surface area contributed by atoms with Crippen LogP contribution in [0.25, 0.3) is 6.08 Å². The summed E-state index contributed by atoms with van der Waals surface area (Å²) in [5.41, 5.74) is 2.32. The molecule has 3 rings (SSSR count). The third-order valence-electron chi connectivity index (χ3n) is 4.12. The second-order valence-corrected chi connectivity index (χ2v) is 6.43. The predicted molar refractivity (Wildman–Crippen MR) is 104 cm³/mol. The number of allylic oxidation sites excluding steroid dienone is 1. The van der Waals surface area contributed by atoms with Gasteiger partial charge in [-0.25, -0.2) is 9.07 Å². The Labute approximate surface area is 165 Å². The normalized spacial score (nSPS) is 11.1. The molecule has 0 unspecified atom stereocenters. The Kier molecular flexibility index (Phi) is 5.65. The number of ketones is 1. The summed E-state index contributed by atoms with van der Waals surface area (Å²) in [5, 5.41) is 15.4. The van der Waals surface area contributed by atoms with Crippen LogP contribution in [0.3, 0.4) is 0 Å². The number of nitro groups is 1. The number of carbonyl (C=O) groups is 1. The Bertz CT molecular complexity index is 1060. The largest absolute Gasteiger partial charge is 0.289 e. The summed E-state index contributed by atoms with van der Waals surface area (Å²) in [6.45, 7) is 2.13. The zero-order valence-electron chi connectivity index (χ0n) is 14.8. The van der Waals surface area contributed by atoms with E-state index in [9.17, 15) is 19.3 Å². The van der Waals surface area contributed by atoms with E-state index in [1.807, 2.05) is 0 Å². The first-order valence-corrected chi connectivity index (χ1v) is 8.67. The van der Waals surface area contributed by atoms with E-state index in [1.165, 1.54) is 42.5 Å². The monoisotopic (exact) mass is 399 g/mol. The molecule has 0 aliphatic rings. The number of nitrogens with zero attached hydrogens (tertiary/aromatic N) is 3. The Morgan fingerprint density at radius 2 is 1.86 bits per heavy atom. The topological polar surface area (TPSA) is 78.0 Å². The number of aryl methyl sites for hydroxylation is 1. The van der Waals surface area contributed by atoms with Crippen molar-refractivity contribution in [3.63, 3.8) is 0 Å². The van der Waals surface area contributed by atoms with Crippen molar-refractivity contribution in [2.75, 3.05) is 0 Å². The first kappa shape index (κ1) is 19.4. The molecular weight excluding hydrogens is 385 g/mol. The minimum atomic E-state index is -0.525. The second kappa shape index (κ2) is 8.14. The highest BCUT2D eigenvalue weighted by atomic mass is 35.5. The molecule has 0 saturated heterocycles. The number of hydrogen-bond acceptors (Lipinski definition) is 4. The molecule has 1 heterocycles. The van der Waals surface area contributed by atoms with E-state index < -0.39 is 4.92 Å². The van der Waals surface area contributed by atoms with Crippen molar-refractivity contribution in [2.45, 2.75) is 13.5 Å². The molecule has 0 radical (unpaired) electrons. The molecule has 8 heteroatoms. The molecule has 0 spiro atoms. The van der Waals surface area contributed by atoms with Gasteiger partial charge in [-0.3, -0.25) is 14.9 Å². The highest BCUT2D eigenvalue weighted by Gasteiger charge is 2.13. The summed E-state index contributed by atoms with van der Waals surface area (Å²) in [6.07, 6.45) is 2.91. The lowest BCUT2D eigenvalue weighted by molar-refractivity contribution is -0.384. The number of nitro benzene ring substituents is 1. The van der Waals surface area contributed by atoms with Crippen molar-refractivity contribution < 1.29 is 14.1 Å². The Morgan fingerprint density at radius 1 is 1.21 bits per heavy atom. The van der Waals surface area contributed by atoms with E-state index in [2.05, 4.69) is 5.10 Å². The number of aromatic nitrogens is 2. The Balaban J connectivity index is 1.78. The van der Waals surface area contributed by atoms with Gasteiger partial charge in [-0.15, -0.1) is 0 Å². The standard InChI is InChI=1S/C20H15ClFN3O3/c1-13-18(10-11-19(26)15-4-8-17(9-5-15)25(27)28)20(21)24(23-13)12-14-2-6-16(22)7-3-14/h2-11H,12H2,1H3/b11-10+. The van der Waals surface area contributed by atoms with Crippen molar-refractivity contribution in [1.82, 2.24) is 9.78 Å². The second-order valence-electron chi connectivity index (χ2n) is 6.08. The number of carbonyl (C=O) groups excluding carboxylic acids is 1. The molecule has 28 heavy (non-hydrogen) atoms. The summed E-state index contributed by atoms with van der Waals surface area (Å²) in [7, 11) is 0. The Hall–Kier alpha value is -3.32. The number of rotatable bonds is 6. The van der Waals surface area contributed by atoms with Gasteiger partial charge in [-0.05, 0) is 48.9 Å². The molecule has 1 aromatic heterocycles. The van der Waals surface area contributed by atoms with Crippen LogP contribution in [0.4, 0.5) is 10.1 Å². The Morgan fingerprint density at radius 3 is 2.46 bits per heavy atom. The maximum Gasteiger partial charge on any atom is 0.269 e. The van der Waals surface area contributed by atoms with Crippen LogP contribution in [0.1, 0.15) is 27.2 Å². The quantitative estimate of drug-likeness (QED) is 0.257. The zero-order chi connectivity index (χ0) is 20.3. The fourth-order valence-electron chi connectivity index (χ4n) is 2.63. The van der Waals surface area contributed by atoms with Gasteiger partial charge in [-0.1, -0.05) is 23.7 Å². The van der Waals surface area contributed by atoms with E-state index in [1.54, 1.807) is 29.8 Å². The summed E-state index contributed by atoms with van der Waals surface area (Å²) in [5.74, 6) is -0.628. The fourth-order valence-corrected chi connectivity index (χ4v) is 2.92. The molecule has 0 aliphatic carbocycles. The molecule has 2 aromatic carbocycles. The first-order chi connectivity index (χ1) is 13.3. The fraction of sp³-hybridized carbons (Fsp3) is 0.100. The lowest BCUT2D eigenvalue weighted by atomic mass is 10.1. The number of hydrogen-bond donors (Lipinski definition) is 0. The van der Waals surface area contributed by atoms with E-state index in [0.29, 0.717) is 28.5 Å². The van der Waals surface area contributed by atoms with Crippen LogP contribution < -0.4 is 0 Å². The van der Waals surface area contributed by atoms with Crippen LogP contribution in [0.15, 0.2) is 54.6 Å². The third-order valence-corrected chi connectivity index (χ3v) is 4.52. The number of benzene rings is 2. The summed E-state index contributed by atoms with van der Waals surface area (Å²) >= 11 is 6.38. The van der Waals surface area contributed by atoms with Crippen LogP contribution in [0.5, 0.6) is 0 Å². The number of halogens is 2. The molecule has 0 aliphatic heterocycles. The van der Waals surface area contributed by atoms with Crippen LogP contribution in [0.2, 0.25) is 5.15 Å². The van der Waals surface area contributed by atoms with Gasteiger partial charge in [0.1, 0.15) is 11.0 Å². The van der Waals surface area contributed by atoms with E-state index >= 15 is 0 Å². The van der Waals surface area contributed by atoms with E-state index in [0.717, 1.165) is 5.56 Å². The van der Waals surface area contributed by atoms with Gasteiger partial charge >= 0.3 is 0 Å². The van der Waals surface area contributed by atoms with Crippen molar-refractivity contribution in [3.05, 3.63) is 98.1 Å². The molecule has 0 fully saturated rings. The zero-order valence-corrected chi connectivity index (χ0v) is 15.6. The number of non-ortho nitro benzene ring substituents is 1. The van der Waals surface area contributed by atoms with Crippen LogP contribution >= 0.6 is 11.6 Å². The summed E-state index contributed by atoms with van der Waals surface area (Å²) < 4.78 is 14.6. The molecule has 0 N–H and O–H groups in total. The van der Waals surface area contributed by atoms with Crippen molar-refractivity contribution in [1.29, 1.82) is 0 Å². The molecule has 6 nitrogen and oxygen atoms in total. The van der Waals surface area contributed by atoms with E-state index in [4.69, 9.17) is 11.6 Å². The third kappa shape index (κ3) is 4.32.